The highest BCUT2D eigenvalue weighted by Crippen LogP contribution is 2.08. The number of hydrogen-bond acceptors (Lipinski definition) is 5. The van der Waals surface area contributed by atoms with Gasteiger partial charge in [0.1, 0.15) is 6.61 Å². The van der Waals surface area contributed by atoms with Crippen LogP contribution < -0.4 is 0 Å². The third-order valence-corrected chi connectivity index (χ3v) is 2.73. The first kappa shape index (κ1) is 10.8. The van der Waals surface area contributed by atoms with Crippen LogP contribution in [-0.4, -0.2) is 55.9 Å². The van der Waals surface area contributed by atoms with Crippen LogP contribution >= 0.6 is 11.8 Å². The molecular formula is C8H15NO3S. The predicted octanol–water partition coefficient (Wildman–Crippen LogP) is 0.182. The number of hydrogen-bond donors (Lipinski definition) is 0. The molecule has 1 saturated heterocycles. The van der Waals surface area contributed by atoms with Gasteiger partial charge in [0.25, 0.3) is 6.47 Å². The smallest absolute Gasteiger partial charge is 0.293 e. The Bertz CT molecular complexity index is 139. The molecule has 0 aliphatic carbocycles. The fourth-order valence-electron chi connectivity index (χ4n) is 1.08. The van der Waals surface area contributed by atoms with Gasteiger partial charge in [0.2, 0.25) is 0 Å². The van der Waals surface area contributed by atoms with E-state index in [0.717, 1.165) is 13.1 Å². The molecule has 1 aliphatic rings. The van der Waals surface area contributed by atoms with Crippen molar-refractivity contribution in [2.24, 2.45) is 0 Å². The van der Waals surface area contributed by atoms with Crippen molar-refractivity contribution in [1.82, 2.24) is 4.90 Å². The Morgan fingerprint density at radius 1 is 1.31 bits per heavy atom. The number of rotatable bonds is 6. The molecule has 76 valence electrons. The summed E-state index contributed by atoms with van der Waals surface area (Å²) in [5, 5.41) is 0. The SMILES string of the molecule is O=COCCOCN1CCSCC1. The number of thioether (sulfide) groups is 1. The van der Waals surface area contributed by atoms with Gasteiger partial charge in [-0.1, -0.05) is 0 Å². The highest BCUT2D eigenvalue weighted by Gasteiger charge is 2.09. The van der Waals surface area contributed by atoms with Crippen LogP contribution in [0.3, 0.4) is 0 Å². The van der Waals surface area contributed by atoms with Crippen molar-refractivity contribution < 1.29 is 14.3 Å². The third-order valence-electron chi connectivity index (χ3n) is 1.79. The summed E-state index contributed by atoms with van der Waals surface area (Å²) in [7, 11) is 0. The normalized spacial score (nSPS) is 18.5. The van der Waals surface area contributed by atoms with Crippen molar-refractivity contribution in [3.05, 3.63) is 0 Å². The first-order valence-electron chi connectivity index (χ1n) is 4.36. The van der Waals surface area contributed by atoms with E-state index in [1.807, 2.05) is 11.8 Å². The molecule has 0 aromatic heterocycles. The molecule has 0 aromatic rings. The summed E-state index contributed by atoms with van der Waals surface area (Å²) in [5.41, 5.74) is 0. The van der Waals surface area contributed by atoms with Gasteiger partial charge in [-0.05, 0) is 0 Å². The molecule has 0 N–H and O–H groups in total. The summed E-state index contributed by atoms with van der Waals surface area (Å²) >= 11 is 1.98. The minimum atomic E-state index is 0.353. The van der Waals surface area contributed by atoms with E-state index in [4.69, 9.17) is 4.74 Å². The maximum absolute atomic E-state index is 9.78. The molecule has 4 nitrogen and oxygen atoms in total. The van der Waals surface area contributed by atoms with Gasteiger partial charge in [-0.15, -0.1) is 0 Å². The molecule has 0 saturated carbocycles. The molecule has 0 atom stereocenters. The first-order chi connectivity index (χ1) is 6.43. The lowest BCUT2D eigenvalue weighted by molar-refractivity contribution is -0.130. The Labute approximate surface area is 82.6 Å². The van der Waals surface area contributed by atoms with E-state index in [2.05, 4.69) is 9.64 Å². The quantitative estimate of drug-likeness (QED) is 0.457. The molecule has 13 heavy (non-hydrogen) atoms. The molecule has 1 fully saturated rings. The Morgan fingerprint density at radius 3 is 2.77 bits per heavy atom. The topological polar surface area (TPSA) is 38.8 Å². The Balaban J connectivity index is 1.89. The standard InChI is InChI=1S/C8H15NO3S/c10-8-12-4-3-11-7-9-1-5-13-6-2-9/h8H,1-7H2. The Morgan fingerprint density at radius 2 is 2.08 bits per heavy atom. The maximum atomic E-state index is 9.78. The van der Waals surface area contributed by atoms with Gasteiger partial charge < -0.3 is 9.47 Å². The molecule has 0 radical (unpaired) electrons. The minimum absolute atomic E-state index is 0.353. The highest BCUT2D eigenvalue weighted by molar-refractivity contribution is 7.99. The Kier molecular flexibility index (Phi) is 5.97. The molecule has 0 unspecified atom stereocenters. The second-order valence-electron chi connectivity index (χ2n) is 2.73. The van der Waals surface area contributed by atoms with E-state index in [1.165, 1.54) is 11.5 Å². The lowest BCUT2D eigenvalue weighted by Gasteiger charge is -2.25. The molecule has 0 bridgehead atoms. The van der Waals surface area contributed by atoms with Crippen LogP contribution in [0.2, 0.25) is 0 Å². The van der Waals surface area contributed by atoms with Gasteiger partial charge in [-0.2, -0.15) is 11.8 Å². The van der Waals surface area contributed by atoms with Crippen LogP contribution in [0, 0.1) is 0 Å². The van der Waals surface area contributed by atoms with Crippen molar-refractivity contribution in [1.29, 1.82) is 0 Å². The second kappa shape index (κ2) is 7.17. The first-order valence-corrected chi connectivity index (χ1v) is 5.52. The zero-order valence-electron chi connectivity index (χ0n) is 7.61. The van der Waals surface area contributed by atoms with E-state index >= 15 is 0 Å². The Hall–Kier alpha value is -0.260. The zero-order chi connectivity index (χ0) is 9.36. The van der Waals surface area contributed by atoms with Gasteiger partial charge in [0.05, 0.1) is 13.3 Å². The van der Waals surface area contributed by atoms with Gasteiger partial charge in [0.15, 0.2) is 0 Å². The largest absolute Gasteiger partial charge is 0.465 e. The minimum Gasteiger partial charge on any atom is -0.465 e. The lowest BCUT2D eigenvalue weighted by Crippen LogP contribution is -2.34. The van der Waals surface area contributed by atoms with Gasteiger partial charge in [0, 0.05) is 24.6 Å². The molecule has 1 aliphatic heterocycles. The number of nitrogens with zero attached hydrogens (tertiary/aromatic N) is 1. The molecule has 1 heterocycles. The third kappa shape index (κ3) is 5.13. The average molecular weight is 205 g/mol. The van der Waals surface area contributed by atoms with Crippen LogP contribution in [0.5, 0.6) is 0 Å². The van der Waals surface area contributed by atoms with Crippen LogP contribution in [-0.2, 0) is 14.3 Å². The summed E-state index contributed by atoms with van der Waals surface area (Å²) in [6, 6.07) is 0. The van der Waals surface area contributed by atoms with E-state index in [9.17, 15) is 4.79 Å². The summed E-state index contributed by atoms with van der Waals surface area (Å²) in [6.07, 6.45) is 0. The maximum Gasteiger partial charge on any atom is 0.293 e. The lowest BCUT2D eigenvalue weighted by atomic mass is 10.5. The molecule has 1 rings (SSSR count). The van der Waals surface area contributed by atoms with E-state index in [1.54, 1.807) is 0 Å². The molecule has 0 aromatic carbocycles. The van der Waals surface area contributed by atoms with Crippen molar-refractivity contribution in [3.8, 4) is 0 Å². The van der Waals surface area contributed by atoms with Gasteiger partial charge >= 0.3 is 0 Å². The van der Waals surface area contributed by atoms with E-state index < -0.39 is 0 Å². The van der Waals surface area contributed by atoms with Crippen molar-refractivity contribution in [3.63, 3.8) is 0 Å². The van der Waals surface area contributed by atoms with E-state index in [0.29, 0.717) is 26.4 Å². The predicted molar refractivity (Wildman–Crippen MR) is 51.7 cm³/mol. The fourth-order valence-corrected chi connectivity index (χ4v) is 2.06. The van der Waals surface area contributed by atoms with Crippen LogP contribution in [0.4, 0.5) is 0 Å². The summed E-state index contributed by atoms with van der Waals surface area (Å²) in [5.74, 6) is 2.38. The molecule has 0 spiro atoms. The number of ether oxygens (including phenoxy) is 2. The summed E-state index contributed by atoms with van der Waals surface area (Å²) in [6.45, 7) is 4.14. The van der Waals surface area contributed by atoms with Crippen LogP contribution in [0.15, 0.2) is 0 Å². The number of carbonyl (C=O) groups excluding carboxylic acids is 1. The van der Waals surface area contributed by atoms with Gasteiger partial charge in [-0.3, -0.25) is 9.69 Å². The molecule has 5 heteroatoms. The zero-order valence-corrected chi connectivity index (χ0v) is 8.42. The van der Waals surface area contributed by atoms with E-state index in [-0.39, 0.29) is 0 Å². The molecule has 0 amide bonds. The molecular weight excluding hydrogens is 190 g/mol. The van der Waals surface area contributed by atoms with Crippen LogP contribution in [0.25, 0.3) is 0 Å². The second-order valence-corrected chi connectivity index (χ2v) is 3.96. The van der Waals surface area contributed by atoms with Crippen molar-refractivity contribution >= 4 is 18.2 Å². The highest BCUT2D eigenvalue weighted by atomic mass is 32.2. The van der Waals surface area contributed by atoms with Crippen LogP contribution in [0.1, 0.15) is 0 Å². The van der Waals surface area contributed by atoms with Crippen molar-refractivity contribution in [2.45, 2.75) is 0 Å². The summed E-state index contributed by atoms with van der Waals surface area (Å²) in [4.78, 5) is 12.0. The van der Waals surface area contributed by atoms with Gasteiger partial charge in [-0.25, -0.2) is 0 Å². The average Bonchev–Trinajstić information content (AvgIpc) is 2.19. The monoisotopic (exact) mass is 205 g/mol. The fraction of sp³-hybridized carbons (Fsp3) is 0.875. The summed E-state index contributed by atoms with van der Waals surface area (Å²) < 4.78 is 9.80. The van der Waals surface area contributed by atoms with Crippen molar-refractivity contribution in [2.75, 3.05) is 44.5 Å². The number of carbonyl (C=O) groups is 1.